The van der Waals surface area contributed by atoms with E-state index in [1.165, 1.54) is 0 Å². The van der Waals surface area contributed by atoms with Gasteiger partial charge in [0.2, 0.25) is 0 Å². The third kappa shape index (κ3) is 4.10. The van der Waals surface area contributed by atoms with Gasteiger partial charge in [-0.3, -0.25) is 4.79 Å². The summed E-state index contributed by atoms with van der Waals surface area (Å²) in [5.74, 6) is 1.61. The van der Waals surface area contributed by atoms with Crippen LogP contribution in [0.4, 0.5) is 0 Å². The summed E-state index contributed by atoms with van der Waals surface area (Å²) in [5.41, 5.74) is 2.92. The molecule has 142 valence electrons. The number of benzene rings is 2. The van der Waals surface area contributed by atoms with Gasteiger partial charge in [-0.1, -0.05) is 29.8 Å². The zero-order chi connectivity index (χ0) is 18.8. The van der Waals surface area contributed by atoms with Crippen molar-refractivity contribution in [1.82, 2.24) is 0 Å². The highest BCUT2D eigenvalue weighted by molar-refractivity contribution is 6.31. The first-order valence-electron chi connectivity index (χ1n) is 9.07. The molecule has 0 amide bonds. The van der Waals surface area contributed by atoms with Gasteiger partial charge in [-0.2, -0.15) is 0 Å². The summed E-state index contributed by atoms with van der Waals surface area (Å²) in [6, 6.07) is 11.6. The van der Waals surface area contributed by atoms with E-state index in [0.29, 0.717) is 31.1 Å². The van der Waals surface area contributed by atoms with Gasteiger partial charge in [0.25, 0.3) is 0 Å². The molecule has 1 fully saturated rings. The Hall–Kier alpha value is -2.08. The lowest BCUT2D eigenvalue weighted by Gasteiger charge is -2.28. The third-order valence-electron chi connectivity index (χ3n) is 4.87. The first-order chi connectivity index (χ1) is 13.1. The Kier molecular flexibility index (Phi) is 5.34. The van der Waals surface area contributed by atoms with Crippen LogP contribution in [0.25, 0.3) is 0 Å². The summed E-state index contributed by atoms with van der Waals surface area (Å²) in [5, 5.41) is 10.0. The number of aliphatic hydroxyl groups is 1. The second-order valence-electron chi connectivity index (χ2n) is 6.88. The summed E-state index contributed by atoms with van der Waals surface area (Å²) in [6.07, 6.45) is 0.437. The summed E-state index contributed by atoms with van der Waals surface area (Å²) < 4.78 is 17.1. The van der Waals surface area contributed by atoms with Crippen LogP contribution in [0.2, 0.25) is 5.02 Å². The number of carbonyl (C=O) groups excluding carboxylic acids is 1. The van der Waals surface area contributed by atoms with Gasteiger partial charge in [-0.25, -0.2) is 0 Å². The molecule has 2 atom stereocenters. The largest absolute Gasteiger partial charge is 0.486 e. The molecule has 2 aromatic rings. The predicted octanol–water partition coefficient (Wildman–Crippen LogP) is 3.48. The lowest BCUT2D eigenvalue weighted by Crippen LogP contribution is -2.30. The molecule has 0 aliphatic carbocycles. The van der Waals surface area contributed by atoms with Crippen molar-refractivity contribution in [1.29, 1.82) is 0 Å². The number of aliphatic hydroxyl groups excluding tert-OH is 1. The molecule has 27 heavy (non-hydrogen) atoms. The Morgan fingerprint density at radius 3 is 2.67 bits per heavy atom. The highest BCUT2D eigenvalue weighted by Gasteiger charge is 2.28. The molecule has 5 nitrogen and oxygen atoms in total. The van der Waals surface area contributed by atoms with E-state index < -0.39 is 6.10 Å². The summed E-state index contributed by atoms with van der Waals surface area (Å²) in [7, 11) is 0. The van der Waals surface area contributed by atoms with Gasteiger partial charge in [0.05, 0.1) is 18.8 Å². The maximum absolute atomic E-state index is 12.0. The van der Waals surface area contributed by atoms with Crippen LogP contribution in [0, 0.1) is 0 Å². The molecule has 0 spiro atoms. The standard InChI is InChI=1S/C21H21ClO5/c22-18-3-2-14(20-11-16(24)10-17(12-23)27-20)9-15(18)7-13-1-4-19-21(8-13)26-6-5-25-19/h1-4,8-9,17,20,23H,5-7,10-12H2/t17-,20+/m0/s1. The molecule has 1 N–H and O–H groups in total. The highest BCUT2D eigenvalue weighted by atomic mass is 35.5. The van der Waals surface area contributed by atoms with Crippen LogP contribution >= 0.6 is 11.6 Å². The minimum Gasteiger partial charge on any atom is -0.486 e. The van der Waals surface area contributed by atoms with E-state index in [-0.39, 0.29) is 24.9 Å². The van der Waals surface area contributed by atoms with Crippen molar-refractivity contribution in [3.63, 3.8) is 0 Å². The van der Waals surface area contributed by atoms with Gasteiger partial charge in [0.15, 0.2) is 11.5 Å². The minimum absolute atomic E-state index is 0.105. The molecule has 2 aromatic carbocycles. The average Bonchev–Trinajstić information content (AvgIpc) is 2.69. The average molecular weight is 389 g/mol. The molecule has 0 aromatic heterocycles. The van der Waals surface area contributed by atoms with Crippen molar-refractivity contribution < 1.29 is 24.1 Å². The van der Waals surface area contributed by atoms with E-state index in [4.69, 9.17) is 25.8 Å². The summed E-state index contributed by atoms with van der Waals surface area (Å²) in [6.45, 7) is 0.959. The highest BCUT2D eigenvalue weighted by Crippen LogP contribution is 2.34. The van der Waals surface area contributed by atoms with Crippen LogP contribution in [0.1, 0.15) is 35.6 Å². The summed E-state index contributed by atoms with van der Waals surface area (Å²) >= 11 is 6.41. The van der Waals surface area contributed by atoms with Crippen molar-refractivity contribution in [2.45, 2.75) is 31.5 Å². The molecule has 0 radical (unpaired) electrons. The van der Waals surface area contributed by atoms with Gasteiger partial charge in [0.1, 0.15) is 19.0 Å². The van der Waals surface area contributed by atoms with E-state index in [1.807, 2.05) is 36.4 Å². The first-order valence-corrected chi connectivity index (χ1v) is 9.45. The lowest BCUT2D eigenvalue weighted by atomic mass is 9.95. The minimum atomic E-state index is -0.437. The molecule has 2 aliphatic heterocycles. The maximum Gasteiger partial charge on any atom is 0.161 e. The molecule has 0 unspecified atom stereocenters. The van der Waals surface area contributed by atoms with Crippen molar-refractivity contribution in [3.8, 4) is 11.5 Å². The maximum atomic E-state index is 12.0. The Balaban J connectivity index is 1.56. The number of carbonyl (C=O) groups is 1. The number of fused-ring (bicyclic) bond motifs is 1. The Bertz CT molecular complexity index is 850. The van der Waals surface area contributed by atoms with Gasteiger partial charge in [0, 0.05) is 17.9 Å². The van der Waals surface area contributed by atoms with Crippen molar-refractivity contribution in [2.24, 2.45) is 0 Å². The zero-order valence-corrected chi connectivity index (χ0v) is 15.6. The zero-order valence-electron chi connectivity index (χ0n) is 14.8. The molecule has 1 saturated heterocycles. The van der Waals surface area contributed by atoms with E-state index in [2.05, 4.69) is 0 Å². The molecular formula is C21H21ClO5. The van der Waals surface area contributed by atoms with E-state index in [1.54, 1.807) is 0 Å². The Morgan fingerprint density at radius 2 is 1.85 bits per heavy atom. The van der Waals surface area contributed by atoms with Crippen molar-refractivity contribution in [2.75, 3.05) is 19.8 Å². The monoisotopic (exact) mass is 388 g/mol. The summed E-state index contributed by atoms with van der Waals surface area (Å²) in [4.78, 5) is 12.0. The number of Topliss-reactive ketones (excluding diaryl/α,β-unsaturated/α-hetero) is 1. The van der Waals surface area contributed by atoms with Crippen molar-refractivity contribution in [3.05, 3.63) is 58.1 Å². The second-order valence-corrected chi connectivity index (χ2v) is 7.29. The lowest BCUT2D eigenvalue weighted by molar-refractivity contribution is -0.139. The third-order valence-corrected chi connectivity index (χ3v) is 5.24. The van der Waals surface area contributed by atoms with Crippen LogP contribution < -0.4 is 9.47 Å². The fourth-order valence-electron chi connectivity index (χ4n) is 3.52. The van der Waals surface area contributed by atoms with Gasteiger partial charge >= 0.3 is 0 Å². The smallest absolute Gasteiger partial charge is 0.161 e. The van der Waals surface area contributed by atoms with Gasteiger partial charge in [-0.15, -0.1) is 0 Å². The molecule has 2 heterocycles. The fraction of sp³-hybridized carbons (Fsp3) is 0.381. The van der Waals surface area contributed by atoms with Crippen LogP contribution in [0.15, 0.2) is 36.4 Å². The number of hydrogen-bond acceptors (Lipinski definition) is 5. The number of ether oxygens (including phenoxy) is 3. The Morgan fingerprint density at radius 1 is 1.04 bits per heavy atom. The molecule has 0 bridgehead atoms. The van der Waals surface area contributed by atoms with Crippen LogP contribution in [-0.2, 0) is 16.0 Å². The molecule has 6 heteroatoms. The fourth-order valence-corrected chi connectivity index (χ4v) is 3.71. The molecular weight excluding hydrogens is 368 g/mol. The van der Waals surface area contributed by atoms with E-state index >= 15 is 0 Å². The van der Waals surface area contributed by atoms with E-state index in [0.717, 1.165) is 28.2 Å². The first kappa shape index (κ1) is 18.3. The number of rotatable bonds is 4. The van der Waals surface area contributed by atoms with Crippen molar-refractivity contribution >= 4 is 17.4 Å². The van der Waals surface area contributed by atoms with Gasteiger partial charge < -0.3 is 19.3 Å². The van der Waals surface area contributed by atoms with Crippen LogP contribution in [-0.4, -0.2) is 36.8 Å². The van der Waals surface area contributed by atoms with Crippen LogP contribution in [0.5, 0.6) is 11.5 Å². The topological polar surface area (TPSA) is 65.0 Å². The molecule has 2 aliphatic rings. The second kappa shape index (κ2) is 7.89. The quantitative estimate of drug-likeness (QED) is 0.868. The molecule has 0 saturated carbocycles. The molecule has 4 rings (SSSR count). The number of halogens is 1. The normalized spacial score (nSPS) is 21.9. The number of ketones is 1. The number of hydrogen-bond donors (Lipinski definition) is 1. The van der Waals surface area contributed by atoms with E-state index in [9.17, 15) is 9.90 Å². The van der Waals surface area contributed by atoms with Crippen LogP contribution in [0.3, 0.4) is 0 Å². The van der Waals surface area contributed by atoms with Gasteiger partial charge in [-0.05, 0) is 41.3 Å². The predicted molar refractivity (Wildman–Crippen MR) is 101 cm³/mol. The Labute approximate surface area is 162 Å². The SMILES string of the molecule is O=C1C[C@@H](CO)O[C@@H](c2ccc(Cl)c(Cc3ccc4c(c3)OCCO4)c2)C1.